The lowest BCUT2D eigenvalue weighted by molar-refractivity contribution is 0.327. The first-order valence-electron chi connectivity index (χ1n) is 9.79. The Balaban J connectivity index is -0.000000919. The highest BCUT2D eigenvalue weighted by molar-refractivity contribution is 5.81. The van der Waals surface area contributed by atoms with Crippen LogP contribution in [0.3, 0.4) is 0 Å². The van der Waals surface area contributed by atoms with E-state index in [2.05, 4.69) is 43.7 Å². The lowest BCUT2D eigenvalue weighted by Crippen LogP contribution is -2.26. The zero-order chi connectivity index (χ0) is 18.7. The van der Waals surface area contributed by atoms with Gasteiger partial charge in [-0.15, -0.1) is 0 Å². The first-order valence-corrected chi connectivity index (χ1v) is 9.79. The highest BCUT2D eigenvalue weighted by Crippen LogP contribution is 2.11. The molecule has 0 radical (unpaired) electrons. The van der Waals surface area contributed by atoms with Crippen LogP contribution < -0.4 is 5.73 Å². The van der Waals surface area contributed by atoms with E-state index in [9.17, 15) is 0 Å². The summed E-state index contributed by atoms with van der Waals surface area (Å²) in [6.07, 6.45) is 7.79. The first kappa shape index (κ1) is 26.9. The van der Waals surface area contributed by atoms with Gasteiger partial charge < -0.3 is 10.6 Å². The van der Waals surface area contributed by atoms with Gasteiger partial charge in [0.1, 0.15) is 11.7 Å². The van der Waals surface area contributed by atoms with E-state index >= 15 is 0 Å². The third-order valence-electron chi connectivity index (χ3n) is 3.02. The molecule has 0 aromatic heterocycles. The molecule has 0 saturated heterocycles. The van der Waals surface area contributed by atoms with Gasteiger partial charge in [0.15, 0.2) is 0 Å². The molecule has 0 fully saturated rings. The number of hydrogen-bond acceptors (Lipinski definition) is 2. The van der Waals surface area contributed by atoms with Crippen molar-refractivity contribution in [3.63, 3.8) is 0 Å². The second-order valence-electron chi connectivity index (χ2n) is 5.54. The molecule has 0 rings (SSSR count). The van der Waals surface area contributed by atoms with E-state index in [-0.39, 0.29) is 0 Å². The van der Waals surface area contributed by atoms with Gasteiger partial charge in [-0.2, -0.15) is 0 Å². The summed E-state index contributed by atoms with van der Waals surface area (Å²) in [7, 11) is 0. The van der Waals surface area contributed by atoms with Gasteiger partial charge in [-0.3, -0.25) is 0 Å². The van der Waals surface area contributed by atoms with E-state index in [4.69, 9.17) is 5.73 Å². The van der Waals surface area contributed by atoms with Gasteiger partial charge in [-0.05, 0) is 31.8 Å². The first-order chi connectivity index (χ1) is 11.0. The van der Waals surface area contributed by atoms with Crippen molar-refractivity contribution in [2.24, 2.45) is 16.6 Å². The van der Waals surface area contributed by atoms with Crippen molar-refractivity contribution in [1.29, 1.82) is 0 Å². The summed E-state index contributed by atoms with van der Waals surface area (Å²) in [5, 5.41) is 0. The van der Waals surface area contributed by atoms with Crippen LogP contribution in [0.25, 0.3) is 0 Å². The molecule has 0 aromatic rings. The summed E-state index contributed by atoms with van der Waals surface area (Å²) in [6.45, 7) is 21.0. The van der Waals surface area contributed by atoms with Gasteiger partial charge in [-0.25, -0.2) is 4.99 Å². The van der Waals surface area contributed by atoms with Crippen LogP contribution in [0.15, 0.2) is 16.9 Å². The van der Waals surface area contributed by atoms with Crippen LogP contribution in [0, 0.1) is 5.92 Å². The molecule has 2 N–H and O–H groups in total. The van der Waals surface area contributed by atoms with E-state index in [1.807, 2.05) is 34.6 Å². The Morgan fingerprint density at radius 2 is 1.43 bits per heavy atom. The molecule has 0 saturated carbocycles. The fraction of sp³-hybridized carbons (Fsp3) is 0.850. The molecule has 0 aliphatic carbocycles. The fourth-order valence-corrected chi connectivity index (χ4v) is 1.97. The molecule has 0 aromatic carbocycles. The van der Waals surface area contributed by atoms with Gasteiger partial charge in [0, 0.05) is 19.5 Å². The molecule has 0 aliphatic heterocycles. The minimum atomic E-state index is 0.557. The molecule has 0 unspecified atom stereocenters. The highest BCUT2D eigenvalue weighted by Gasteiger charge is 2.08. The third-order valence-corrected chi connectivity index (χ3v) is 3.02. The Morgan fingerprint density at radius 1 is 1.00 bits per heavy atom. The monoisotopic (exact) mass is 327 g/mol. The lowest BCUT2D eigenvalue weighted by Gasteiger charge is -2.25. The van der Waals surface area contributed by atoms with Gasteiger partial charge >= 0.3 is 0 Å². The Morgan fingerprint density at radius 3 is 1.74 bits per heavy atom. The third kappa shape index (κ3) is 17.2. The van der Waals surface area contributed by atoms with Crippen LogP contribution in [0.4, 0.5) is 0 Å². The largest absolute Gasteiger partial charge is 0.387 e. The zero-order valence-electron chi connectivity index (χ0n) is 17.6. The maximum absolute atomic E-state index is 6.03. The Labute approximate surface area is 147 Å². The van der Waals surface area contributed by atoms with Crippen LogP contribution >= 0.6 is 0 Å². The van der Waals surface area contributed by atoms with Crippen molar-refractivity contribution < 1.29 is 0 Å². The summed E-state index contributed by atoms with van der Waals surface area (Å²) in [5.74, 6) is 2.35. The lowest BCUT2D eigenvalue weighted by atomic mass is 10.1. The van der Waals surface area contributed by atoms with E-state index in [1.165, 1.54) is 25.7 Å². The predicted octanol–water partition coefficient (Wildman–Crippen LogP) is 6.21. The molecular weight excluding hydrogens is 282 g/mol. The number of allylic oxidation sites excluding steroid dienone is 1. The fourth-order valence-electron chi connectivity index (χ4n) is 1.97. The molecule has 140 valence electrons. The van der Waals surface area contributed by atoms with Crippen molar-refractivity contribution in [3.8, 4) is 0 Å². The van der Waals surface area contributed by atoms with Crippen molar-refractivity contribution >= 4 is 5.84 Å². The molecule has 3 heteroatoms. The second kappa shape index (κ2) is 21.0. The number of hydrogen-bond donors (Lipinski definition) is 1. The Hall–Kier alpha value is -0.990. The van der Waals surface area contributed by atoms with Crippen LogP contribution in [0.2, 0.25) is 0 Å². The highest BCUT2D eigenvalue weighted by atomic mass is 15.2. The Bertz CT molecular complexity index is 273. The van der Waals surface area contributed by atoms with Crippen molar-refractivity contribution in [3.05, 3.63) is 11.9 Å². The minimum absolute atomic E-state index is 0.557. The summed E-state index contributed by atoms with van der Waals surface area (Å²) >= 11 is 0. The van der Waals surface area contributed by atoms with Crippen LogP contribution in [0.5, 0.6) is 0 Å². The second-order valence-corrected chi connectivity index (χ2v) is 5.54. The molecule has 0 heterocycles. The number of rotatable bonds is 10. The SMILES string of the molecule is C/C=C(\N=C(/N)CC(C)C)N(CCCC)CCCC.CC.CC. The van der Waals surface area contributed by atoms with E-state index in [0.717, 1.165) is 31.2 Å². The van der Waals surface area contributed by atoms with Gasteiger partial charge in [0.2, 0.25) is 0 Å². The van der Waals surface area contributed by atoms with E-state index < -0.39 is 0 Å². The number of nitrogens with zero attached hydrogens (tertiary/aromatic N) is 2. The zero-order valence-corrected chi connectivity index (χ0v) is 17.6. The van der Waals surface area contributed by atoms with Gasteiger partial charge in [0.25, 0.3) is 0 Å². The smallest absolute Gasteiger partial charge is 0.126 e. The standard InChI is InChI=1S/C16H33N3.2C2H6/c1-6-9-11-19(12-10-7-2)16(8-3)18-15(17)13-14(4)5;2*1-2/h8,14H,6-7,9-13H2,1-5H3,(H2,17,18);2*1-2H3/b16-8+;;. The average molecular weight is 328 g/mol. The molecule has 0 spiro atoms. The number of unbranched alkanes of at least 4 members (excludes halogenated alkanes) is 2. The molecule has 3 nitrogen and oxygen atoms in total. The van der Waals surface area contributed by atoms with Gasteiger partial charge in [0.05, 0.1) is 0 Å². The minimum Gasteiger partial charge on any atom is -0.387 e. The van der Waals surface area contributed by atoms with E-state index in [0.29, 0.717) is 5.92 Å². The van der Waals surface area contributed by atoms with Crippen LogP contribution in [-0.4, -0.2) is 23.8 Å². The predicted molar refractivity (Wildman–Crippen MR) is 109 cm³/mol. The molecule has 0 bridgehead atoms. The van der Waals surface area contributed by atoms with Crippen LogP contribution in [-0.2, 0) is 0 Å². The summed E-state index contributed by atoms with van der Waals surface area (Å²) < 4.78 is 0. The topological polar surface area (TPSA) is 41.6 Å². The van der Waals surface area contributed by atoms with Crippen LogP contribution in [0.1, 0.15) is 94.4 Å². The maximum atomic E-state index is 6.03. The summed E-state index contributed by atoms with van der Waals surface area (Å²) in [4.78, 5) is 7.00. The number of aliphatic imine (C=N–C) groups is 1. The number of amidine groups is 1. The number of nitrogens with two attached hydrogens (primary N) is 1. The molecular formula is C20H45N3. The molecule has 0 atom stereocenters. The molecule has 0 amide bonds. The normalized spacial score (nSPS) is 11.4. The Kier molecular flexibility index (Phi) is 24.6. The quantitative estimate of drug-likeness (QED) is 0.383. The van der Waals surface area contributed by atoms with Gasteiger partial charge in [-0.1, -0.05) is 68.2 Å². The van der Waals surface area contributed by atoms with E-state index in [1.54, 1.807) is 0 Å². The summed E-state index contributed by atoms with van der Waals surface area (Å²) in [6, 6.07) is 0. The average Bonchev–Trinajstić information content (AvgIpc) is 2.56. The molecule has 0 aliphatic rings. The molecule has 23 heavy (non-hydrogen) atoms. The maximum Gasteiger partial charge on any atom is 0.126 e. The van der Waals surface area contributed by atoms with Crippen molar-refractivity contribution in [2.75, 3.05) is 13.1 Å². The summed E-state index contributed by atoms with van der Waals surface area (Å²) in [5.41, 5.74) is 6.03. The van der Waals surface area contributed by atoms with Crippen molar-refractivity contribution in [1.82, 2.24) is 4.90 Å². The van der Waals surface area contributed by atoms with Crippen molar-refractivity contribution in [2.45, 2.75) is 94.4 Å².